The van der Waals surface area contributed by atoms with Crippen molar-refractivity contribution in [3.63, 3.8) is 0 Å². The number of hydrogen-bond acceptors (Lipinski definition) is 4. The molecule has 0 spiro atoms. The number of fused-ring (bicyclic) bond motifs is 5. The van der Waals surface area contributed by atoms with E-state index in [1.807, 2.05) is 13.8 Å². The molecule has 176 valence electrons. The molecule has 0 aromatic rings. The highest BCUT2D eigenvalue weighted by Gasteiger charge is 2.77. The molecule has 0 aliphatic heterocycles. The highest BCUT2D eigenvalue weighted by Crippen LogP contribution is 2.73. The Hall–Kier alpha value is -1.33. The van der Waals surface area contributed by atoms with Crippen LogP contribution in [0.3, 0.4) is 0 Å². The molecule has 32 heavy (non-hydrogen) atoms. The molecule has 6 unspecified atom stereocenters. The van der Waals surface area contributed by atoms with Crippen LogP contribution in [0, 0.1) is 39.9 Å². The largest absolute Gasteiger partial charge is 0.390 e. The first-order valence-corrected chi connectivity index (χ1v) is 12.3. The third-order valence-electron chi connectivity index (χ3n) is 9.75. The van der Waals surface area contributed by atoms with Gasteiger partial charge in [-0.25, -0.2) is 4.39 Å². The lowest BCUT2D eigenvalue weighted by molar-refractivity contribution is -0.206. The lowest BCUT2D eigenvalue weighted by atomic mass is 9.42. The van der Waals surface area contributed by atoms with Crippen LogP contribution in [0.2, 0.25) is 0 Å². The quantitative estimate of drug-likeness (QED) is 0.486. The Balaban J connectivity index is 1.89. The van der Waals surface area contributed by atoms with E-state index in [9.17, 15) is 19.5 Å². The third kappa shape index (κ3) is 2.56. The van der Waals surface area contributed by atoms with Gasteiger partial charge >= 0.3 is 0 Å². The van der Waals surface area contributed by atoms with Gasteiger partial charge in [0, 0.05) is 17.3 Å². The van der Waals surface area contributed by atoms with E-state index in [0.717, 1.165) is 5.57 Å². The molecule has 0 heterocycles. The van der Waals surface area contributed by atoms with Crippen LogP contribution >= 0.6 is 11.6 Å². The van der Waals surface area contributed by atoms with Crippen molar-refractivity contribution in [2.24, 2.45) is 39.9 Å². The number of halogens is 2. The number of carbonyl (C=O) groups is 3. The number of ketones is 3. The van der Waals surface area contributed by atoms with Crippen LogP contribution in [-0.2, 0) is 14.4 Å². The van der Waals surface area contributed by atoms with Crippen LogP contribution < -0.4 is 0 Å². The second-order valence-electron chi connectivity index (χ2n) is 11.3. The van der Waals surface area contributed by atoms with Crippen molar-refractivity contribution in [3.05, 3.63) is 23.8 Å². The van der Waals surface area contributed by atoms with E-state index >= 15 is 4.39 Å². The Morgan fingerprint density at radius 2 is 1.94 bits per heavy atom. The number of Topliss-reactive ketones (excluding diaryl/α,β-unsaturated/α-hetero) is 2. The molecule has 0 aromatic carbocycles. The molecular weight excluding hydrogens is 431 g/mol. The van der Waals surface area contributed by atoms with Gasteiger partial charge in [-0.15, -0.1) is 11.6 Å². The normalized spacial score (nSPS) is 47.5. The van der Waals surface area contributed by atoms with Crippen molar-refractivity contribution < 1.29 is 23.9 Å². The summed E-state index contributed by atoms with van der Waals surface area (Å²) in [5, 5.41) is 11.5. The molecule has 4 aliphatic rings. The molecule has 4 aliphatic carbocycles. The Bertz CT molecular complexity index is 940. The number of carbonyl (C=O) groups excluding carboxylic acids is 3. The van der Waals surface area contributed by atoms with Gasteiger partial charge in [-0.05, 0) is 62.0 Å². The molecule has 3 fully saturated rings. The average molecular weight is 465 g/mol. The van der Waals surface area contributed by atoms with E-state index in [-0.39, 0.29) is 47.4 Å². The molecule has 0 aromatic heterocycles. The first-order chi connectivity index (χ1) is 14.8. The first kappa shape index (κ1) is 23.8. The molecule has 4 nitrogen and oxygen atoms in total. The van der Waals surface area contributed by atoms with Gasteiger partial charge in [-0.2, -0.15) is 0 Å². The fourth-order valence-corrected chi connectivity index (χ4v) is 8.60. The summed E-state index contributed by atoms with van der Waals surface area (Å²) in [6.45, 7) is 9.17. The van der Waals surface area contributed by atoms with E-state index in [0.29, 0.717) is 19.3 Å². The lowest BCUT2D eigenvalue weighted by Crippen LogP contribution is -2.69. The van der Waals surface area contributed by atoms with Crippen LogP contribution in [0.4, 0.5) is 4.39 Å². The summed E-state index contributed by atoms with van der Waals surface area (Å²) in [6.07, 6.45) is 4.76. The third-order valence-corrected chi connectivity index (χ3v) is 10.00. The zero-order valence-electron chi connectivity index (χ0n) is 19.6. The summed E-state index contributed by atoms with van der Waals surface area (Å²) in [5.41, 5.74) is -4.55. The van der Waals surface area contributed by atoms with Crippen LogP contribution in [-0.4, -0.2) is 40.1 Å². The number of aliphatic hydroxyl groups excluding tert-OH is 1. The van der Waals surface area contributed by atoms with E-state index in [2.05, 4.69) is 0 Å². The van der Waals surface area contributed by atoms with Gasteiger partial charge in [-0.3, -0.25) is 14.4 Å². The van der Waals surface area contributed by atoms with Gasteiger partial charge in [0.15, 0.2) is 17.2 Å². The van der Waals surface area contributed by atoms with Gasteiger partial charge in [0.1, 0.15) is 5.78 Å². The molecule has 0 amide bonds. The second kappa shape index (κ2) is 7.33. The van der Waals surface area contributed by atoms with E-state index in [1.165, 1.54) is 12.2 Å². The van der Waals surface area contributed by atoms with Crippen molar-refractivity contribution in [1.82, 2.24) is 0 Å². The maximum absolute atomic E-state index is 17.2. The molecule has 4 rings (SSSR count). The predicted octanol–water partition coefficient (Wildman–Crippen LogP) is 4.62. The smallest absolute Gasteiger partial charge is 0.178 e. The zero-order chi connectivity index (χ0) is 23.9. The molecule has 8 atom stereocenters. The Morgan fingerprint density at radius 3 is 2.53 bits per heavy atom. The van der Waals surface area contributed by atoms with Crippen LogP contribution in [0.5, 0.6) is 0 Å². The molecule has 0 saturated heterocycles. The summed E-state index contributed by atoms with van der Waals surface area (Å²) < 4.78 is 17.2. The summed E-state index contributed by atoms with van der Waals surface area (Å²) in [6, 6.07) is 0. The Kier molecular flexibility index (Phi) is 5.46. The van der Waals surface area contributed by atoms with Gasteiger partial charge in [0.05, 0.1) is 17.4 Å². The number of alkyl halides is 2. The molecular formula is C26H34ClFO4. The average Bonchev–Trinajstić information content (AvgIpc) is 2.95. The van der Waals surface area contributed by atoms with Gasteiger partial charge < -0.3 is 5.11 Å². The molecule has 1 N–H and O–H groups in total. The van der Waals surface area contributed by atoms with Crippen molar-refractivity contribution in [2.45, 2.75) is 72.1 Å². The van der Waals surface area contributed by atoms with Gasteiger partial charge in [0.25, 0.3) is 0 Å². The fraction of sp³-hybridized carbons (Fsp3) is 0.731. The standard InChI is InChI=1S/C26H34ClFO4/c1-14(2)22(32)25(21(31)13-27)15(3)10-19-18-7-6-16-11-17(29)8-9-23(16,4)26(18,28)20(30)12-24(19,25)5/h8-9,11,14-15,18-20,30H,6-7,10,12-13H2,1-5H3/t15-,18?,19?,20?,23?,24?,25?,26+/m1/s1. The molecule has 6 heteroatoms. The number of aliphatic hydroxyl groups is 1. The SMILES string of the molecule is CC(C)C(=O)C1(C(=O)CCl)[C@H](C)CC2C3CCC4=CC(=O)C=CC4(C)[C@@]3(F)C(O)CC21C. The first-order valence-electron chi connectivity index (χ1n) is 11.8. The number of hydrogen-bond donors (Lipinski definition) is 1. The van der Waals surface area contributed by atoms with Crippen LogP contribution in [0.25, 0.3) is 0 Å². The molecule has 3 saturated carbocycles. The van der Waals surface area contributed by atoms with Crippen LogP contribution in [0.1, 0.15) is 60.3 Å². The van der Waals surface area contributed by atoms with Crippen molar-refractivity contribution >= 4 is 29.0 Å². The highest BCUT2D eigenvalue weighted by atomic mass is 35.5. The Morgan fingerprint density at radius 1 is 1.28 bits per heavy atom. The van der Waals surface area contributed by atoms with Crippen LogP contribution in [0.15, 0.2) is 23.8 Å². The topological polar surface area (TPSA) is 71.4 Å². The van der Waals surface area contributed by atoms with Crippen molar-refractivity contribution in [1.29, 1.82) is 0 Å². The summed E-state index contributed by atoms with van der Waals surface area (Å²) in [5.74, 6) is -2.32. The van der Waals surface area contributed by atoms with Crippen molar-refractivity contribution in [3.8, 4) is 0 Å². The minimum absolute atomic E-state index is 0.0146. The zero-order valence-corrected chi connectivity index (χ0v) is 20.3. The maximum Gasteiger partial charge on any atom is 0.178 e. The minimum Gasteiger partial charge on any atom is -0.390 e. The summed E-state index contributed by atoms with van der Waals surface area (Å²) >= 11 is 6.07. The molecule has 0 bridgehead atoms. The van der Waals surface area contributed by atoms with E-state index < -0.39 is 33.9 Å². The number of rotatable bonds is 4. The maximum atomic E-state index is 17.2. The second-order valence-corrected chi connectivity index (χ2v) is 11.6. The number of allylic oxidation sites excluding steroid dienone is 4. The Labute approximate surface area is 194 Å². The van der Waals surface area contributed by atoms with Crippen molar-refractivity contribution in [2.75, 3.05) is 5.88 Å². The van der Waals surface area contributed by atoms with E-state index in [4.69, 9.17) is 11.6 Å². The highest BCUT2D eigenvalue weighted by molar-refractivity contribution is 6.31. The van der Waals surface area contributed by atoms with Gasteiger partial charge in [0.2, 0.25) is 0 Å². The summed E-state index contributed by atoms with van der Waals surface area (Å²) in [4.78, 5) is 39.1. The van der Waals surface area contributed by atoms with Gasteiger partial charge in [-0.1, -0.05) is 39.3 Å². The summed E-state index contributed by atoms with van der Waals surface area (Å²) in [7, 11) is 0. The molecule has 0 radical (unpaired) electrons. The van der Waals surface area contributed by atoms with E-state index in [1.54, 1.807) is 26.8 Å². The fourth-order valence-electron chi connectivity index (χ4n) is 8.38. The monoisotopic (exact) mass is 464 g/mol. The minimum atomic E-state index is -1.97. The predicted molar refractivity (Wildman–Crippen MR) is 121 cm³/mol. The lowest BCUT2D eigenvalue weighted by Gasteiger charge is -2.63.